The molecule has 0 bridgehead atoms. The van der Waals surface area contributed by atoms with Crippen molar-refractivity contribution in [1.82, 2.24) is 15.0 Å². The van der Waals surface area contributed by atoms with Gasteiger partial charge in [0.2, 0.25) is 0 Å². The Kier molecular flexibility index (Phi) is 3.58. The number of hydrogen-bond donors (Lipinski definition) is 0. The molecule has 3 rings (SSSR count). The summed E-state index contributed by atoms with van der Waals surface area (Å²) in [5.41, 5.74) is 3.66. The topological polar surface area (TPSA) is 63.7 Å². The maximum atomic E-state index is 9.32. The van der Waals surface area contributed by atoms with E-state index in [-0.39, 0.29) is 5.69 Å². The Hall–Kier alpha value is -3.13. The first kappa shape index (κ1) is 13.8. The van der Waals surface area contributed by atoms with Gasteiger partial charge in [0, 0.05) is 5.56 Å². The Labute approximate surface area is 128 Å². The van der Waals surface area contributed by atoms with Gasteiger partial charge in [-0.25, -0.2) is 4.68 Å². The smallest absolute Gasteiger partial charge is 0.191 e. The normalized spacial score (nSPS) is 10.2. The Morgan fingerprint density at radius 3 is 2.59 bits per heavy atom. The molecular formula is C17H14N4O. The molecule has 0 N–H and O–H groups in total. The molecule has 0 aliphatic heterocycles. The van der Waals surface area contributed by atoms with Gasteiger partial charge in [-0.1, -0.05) is 41.6 Å². The van der Waals surface area contributed by atoms with E-state index in [1.807, 2.05) is 55.5 Å². The minimum Gasteiger partial charge on any atom is -0.494 e. The van der Waals surface area contributed by atoms with Crippen LogP contribution in [0.15, 0.2) is 48.5 Å². The lowest BCUT2D eigenvalue weighted by atomic mass is 10.1. The summed E-state index contributed by atoms with van der Waals surface area (Å²) < 4.78 is 7.07. The van der Waals surface area contributed by atoms with Crippen molar-refractivity contribution in [3.63, 3.8) is 0 Å². The SMILES string of the molecule is COc1ccc(C)cc1-n1nnc(C#N)c1-c1ccccc1. The van der Waals surface area contributed by atoms with E-state index in [0.29, 0.717) is 11.4 Å². The molecule has 0 amide bonds. The van der Waals surface area contributed by atoms with Gasteiger partial charge in [-0.3, -0.25) is 0 Å². The molecule has 5 heteroatoms. The monoisotopic (exact) mass is 290 g/mol. The van der Waals surface area contributed by atoms with E-state index in [1.165, 1.54) is 0 Å². The Morgan fingerprint density at radius 2 is 1.91 bits per heavy atom. The van der Waals surface area contributed by atoms with Gasteiger partial charge >= 0.3 is 0 Å². The fraction of sp³-hybridized carbons (Fsp3) is 0.118. The maximum absolute atomic E-state index is 9.32. The van der Waals surface area contributed by atoms with Crippen LogP contribution in [0.4, 0.5) is 0 Å². The molecule has 1 aromatic heterocycles. The second kappa shape index (κ2) is 5.70. The molecule has 0 radical (unpaired) electrons. The lowest BCUT2D eigenvalue weighted by Crippen LogP contribution is -2.03. The van der Waals surface area contributed by atoms with E-state index in [2.05, 4.69) is 16.4 Å². The first-order valence-corrected chi connectivity index (χ1v) is 6.81. The van der Waals surface area contributed by atoms with Gasteiger partial charge in [0.25, 0.3) is 0 Å². The van der Waals surface area contributed by atoms with E-state index in [1.54, 1.807) is 11.8 Å². The predicted octanol–water partition coefficient (Wildman–Crippen LogP) is 3.12. The quantitative estimate of drug-likeness (QED) is 0.743. The van der Waals surface area contributed by atoms with Crippen LogP contribution >= 0.6 is 0 Å². The molecule has 1 heterocycles. The number of hydrogen-bond acceptors (Lipinski definition) is 4. The number of aromatic nitrogens is 3. The molecule has 108 valence electrons. The number of methoxy groups -OCH3 is 1. The molecule has 0 saturated heterocycles. The first-order chi connectivity index (χ1) is 10.7. The Bertz CT molecular complexity index is 847. The largest absolute Gasteiger partial charge is 0.494 e. The Morgan fingerprint density at radius 1 is 1.14 bits per heavy atom. The zero-order chi connectivity index (χ0) is 15.5. The van der Waals surface area contributed by atoms with Crippen LogP contribution in [0.3, 0.4) is 0 Å². The summed E-state index contributed by atoms with van der Waals surface area (Å²) in [5, 5.41) is 17.5. The van der Waals surface area contributed by atoms with E-state index in [4.69, 9.17) is 4.74 Å². The van der Waals surface area contributed by atoms with Crippen molar-refractivity contribution in [2.24, 2.45) is 0 Å². The third kappa shape index (κ3) is 2.31. The van der Waals surface area contributed by atoms with Crippen LogP contribution in [-0.4, -0.2) is 22.1 Å². The zero-order valence-corrected chi connectivity index (χ0v) is 12.3. The zero-order valence-electron chi connectivity index (χ0n) is 12.3. The minimum atomic E-state index is 0.287. The molecular weight excluding hydrogens is 276 g/mol. The van der Waals surface area contributed by atoms with Gasteiger partial charge in [0.05, 0.1) is 7.11 Å². The summed E-state index contributed by atoms with van der Waals surface area (Å²) in [4.78, 5) is 0. The van der Waals surface area contributed by atoms with Crippen LogP contribution in [0, 0.1) is 18.3 Å². The van der Waals surface area contributed by atoms with Gasteiger partial charge in [0.15, 0.2) is 5.69 Å². The lowest BCUT2D eigenvalue weighted by Gasteiger charge is -2.11. The van der Waals surface area contributed by atoms with E-state index in [0.717, 1.165) is 16.8 Å². The van der Waals surface area contributed by atoms with Crippen molar-refractivity contribution in [1.29, 1.82) is 5.26 Å². The highest BCUT2D eigenvalue weighted by atomic mass is 16.5. The fourth-order valence-corrected chi connectivity index (χ4v) is 2.35. The molecule has 2 aromatic carbocycles. The van der Waals surface area contributed by atoms with Crippen molar-refractivity contribution in [3.8, 4) is 28.8 Å². The van der Waals surface area contributed by atoms with Crippen LogP contribution < -0.4 is 4.74 Å². The number of nitriles is 1. The Balaban J connectivity index is 2.28. The summed E-state index contributed by atoms with van der Waals surface area (Å²) in [6, 6.07) is 17.5. The highest BCUT2D eigenvalue weighted by Crippen LogP contribution is 2.30. The number of aryl methyl sites for hydroxylation is 1. The summed E-state index contributed by atoms with van der Waals surface area (Å²) in [5.74, 6) is 0.678. The molecule has 5 nitrogen and oxygen atoms in total. The minimum absolute atomic E-state index is 0.287. The van der Waals surface area contributed by atoms with Crippen molar-refractivity contribution in [3.05, 3.63) is 59.8 Å². The number of rotatable bonds is 3. The van der Waals surface area contributed by atoms with E-state index >= 15 is 0 Å². The van der Waals surface area contributed by atoms with Gasteiger partial charge in [-0.05, 0) is 24.6 Å². The van der Waals surface area contributed by atoms with Crippen molar-refractivity contribution >= 4 is 0 Å². The van der Waals surface area contributed by atoms with Crippen LogP contribution in [0.5, 0.6) is 5.75 Å². The second-order valence-corrected chi connectivity index (χ2v) is 4.85. The van der Waals surface area contributed by atoms with Crippen LogP contribution in [0.1, 0.15) is 11.3 Å². The van der Waals surface area contributed by atoms with Gasteiger partial charge < -0.3 is 4.74 Å². The average molecular weight is 290 g/mol. The fourth-order valence-electron chi connectivity index (χ4n) is 2.35. The predicted molar refractivity (Wildman–Crippen MR) is 82.8 cm³/mol. The summed E-state index contributed by atoms with van der Waals surface area (Å²) in [7, 11) is 1.61. The van der Waals surface area contributed by atoms with Gasteiger partial charge in [-0.15, -0.1) is 5.10 Å². The van der Waals surface area contributed by atoms with E-state index < -0.39 is 0 Å². The molecule has 0 saturated carbocycles. The molecule has 0 aliphatic carbocycles. The van der Waals surface area contributed by atoms with Crippen molar-refractivity contribution in [2.75, 3.05) is 7.11 Å². The lowest BCUT2D eigenvalue weighted by molar-refractivity contribution is 0.411. The molecule has 0 atom stereocenters. The molecule has 3 aromatic rings. The molecule has 0 spiro atoms. The second-order valence-electron chi connectivity index (χ2n) is 4.85. The number of nitrogens with zero attached hydrogens (tertiary/aromatic N) is 4. The van der Waals surface area contributed by atoms with E-state index in [9.17, 15) is 5.26 Å². The van der Waals surface area contributed by atoms with Crippen LogP contribution in [-0.2, 0) is 0 Å². The highest BCUT2D eigenvalue weighted by molar-refractivity contribution is 5.68. The van der Waals surface area contributed by atoms with Crippen molar-refractivity contribution < 1.29 is 4.74 Å². The average Bonchev–Trinajstić information content (AvgIpc) is 2.99. The first-order valence-electron chi connectivity index (χ1n) is 6.81. The van der Waals surface area contributed by atoms with Gasteiger partial charge in [-0.2, -0.15) is 5.26 Å². The van der Waals surface area contributed by atoms with Crippen LogP contribution in [0.25, 0.3) is 16.9 Å². The molecule has 0 aliphatic rings. The number of ether oxygens (including phenoxy) is 1. The summed E-state index contributed by atoms with van der Waals surface area (Å²) in [6.45, 7) is 1.99. The maximum Gasteiger partial charge on any atom is 0.191 e. The third-order valence-corrected chi connectivity index (χ3v) is 3.39. The third-order valence-electron chi connectivity index (χ3n) is 3.39. The molecule has 0 fully saturated rings. The standard InChI is InChI=1S/C17H14N4O/c1-12-8-9-16(22-2)15(10-12)21-17(14(11-18)19-20-21)13-6-4-3-5-7-13/h3-10H,1-2H3. The summed E-state index contributed by atoms with van der Waals surface area (Å²) in [6.07, 6.45) is 0. The summed E-state index contributed by atoms with van der Waals surface area (Å²) >= 11 is 0. The number of benzene rings is 2. The van der Waals surface area contributed by atoms with Crippen molar-refractivity contribution in [2.45, 2.75) is 6.92 Å². The van der Waals surface area contributed by atoms with Crippen LogP contribution in [0.2, 0.25) is 0 Å². The van der Waals surface area contributed by atoms with Gasteiger partial charge in [0.1, 0.15) is 23.2 Å². The molecule has 0 unspecified atom stereocenters. The highest BCUT2D eigenvalue weighted by Gasteiger charge is 2.18. The molecule has 22 heavy (non-hydrogen) atoms.